The fourth-order valence-corrected chi connectivity index (χ4v) is 2.77. The number of esters is 2. The molecule has 0 saturated heterocycles. The SMILES string of the molecule is CC(=O)Oc1cc(OC(C)=O)c2c(=O)c(-c3ccccc3)c(C)oc2c1. The van der Waals surface area contributed by atoms with Crippen LogP contribution in [0.25, 0.3) is 22.1 Å². The molecule has 1 heterocycles. The molecule has 0 radical (unpaired) electrons. The first-order valence-electron chi connectivity index (χ1n) is 7.90. The Morgan fingerprint density at radius 1 is 0.962 bits per heavy atom. The van der Waals surface area contributed by atoms with Crippen molar-refractivity contribution < 1.29 is 23.5 Å². The van der Waals surface area contributed by atoms with Crippen molar-refractivity contribution in [2.45, 2.75) is 20.8 Å². The van der Waals surface area contributed by atoms with E-state index in [0.717, 1.165) is 0 Å². The monoisotopic (exact) mass is 352 g/mol. The highest BCUT2D eigenvalue weighted by Crippen LogP contribution is 2.33. The molecule has 0 aliphatic heterocycles. The van der Waals surface area contributed by atoms with Gasteiger partial charge in [0.2, 0.25) is 5.43 Å². The average molecular weight is 352 g/mol. The third-order valence-electron chi connectivity index (χ3n) is 3.69. The zero-order valence-electron chi connectivity index (χ0n) is 14.5. The molecule has 0 bridgehead atoms. The van der Waals surface area contributed by atoms with Gasteiger partial charge < -0.3 is 13.9 Å². The van der Waals surface area contributed by atoms with Gasteiger partial charge in [-0.15, -0.1) is 0 Å². The summed E-state index contributed by atoms with van der Waals surface area (Å²) in [6.45, 7) is 4.14. The van der Waals surface area contributed by atoms with Gasteiger partial charge in [0.25, 0.3) is 0 Å². The number of hydrogen-bond acceptors (Lipinski definition) is 6. The maximum atomic E-state index is 13.1. The number of ether oxygens (including phenoxy) is 2. The molecule has 0 aliphatic carbocycles. The van der Waals surface area contributed by atoms with Crippen LogP contribution in [0.1, 0.15) is 19.6 Å². The van der Waals surface area contributed by atoms with E-state index in [2.05, 4.69) is 0 Å². The normalized spacial score (nSPS) is 10.6. The minimum absolute atomic E-state index is 0.0165. The molecule has 0 saturated carbocycles. The zero-order chi connectivity index (χ0) is 18.8. The van der Waals surface area contributed by atoms with Gasteiger partial charge in [-0.2, -0.15) is 0 Å². The van der Waals surface area contributed by atoms with Crippen LogP contribution >= 0.6 is 0 Å². The lowest BCUT2D eigenvalue weighted by Crippen LogP contribution is -2.12. The number of hydrogen-bond donors (Lipinski definition) is 0. The summed E-state index contributed by atoms with van der Waals surface area (Å²) in [5, 5.41) is 0.112. The third-order valence-corrected chi connectivity index (χ3v) is 3.69. The van der Waals surface area contributed by atoms with Crippen molar-refractivity contribution in [3.63, 3.8) is 0 Å². The van der Waals surface area contributed by atoms with Crippen LogP contribution in [0, 0.1) is 6.92 Å². The smallest absolute Gasteiger partial charge is 0.308 e. The first-order chi connectivity index (χ1) is 12.4. The van der Waals surface area contributed by atoms with Crippen LogP contribution in [0.4, 0.5) is 0 Å². The first-order valence-corrected chi connectivity index (χ1v) is 7.90. The van der Waals surface area contributed by atoms with Gasteiger partial charge in [0.1, 0.15) is 28.2 Å². The molecule has 3 aromatic rings. The lowest BCUT2D eigenvalue weighted by Gasteiger charge is -2.11. The lowest BCUT2D eigenvalue weighted by molar-refractivity contribution is -0.132. The molecule has 6 nitrogen and oxygen atoms in total. The fourth-order valence-electron chi connectivity index (χ4n) is 2.77. The molecule has 0 fully saturated rings. The van der Waals surface area contributed by atoms with E-state index in [1.54, 1.807) is 19.1 Å². The van der Waals surface area contributed by atoms with Crippen LogP contribution in [-0.2, 0) is 9.59 Å². The zero-order valence-corrected chi connectivity index (χ0v) is 14.5. The Morgan fingerprint density at radius 3 is 2.23 bits per heavy atom. The van der Waals surface area contributed by atoms with Gasteiger partial charge in [-0.25, -0.2) is 0 Å². The van der Waals surface area contributed by atoms with Crippen LogP contribution in [0.15, 0.2) is 51.7 Å². The topological polar surface area (TPSA) is 82.8 Å². The number of carbonyl (C=O) groups is 2. The average Bonchev–Trinajstić information content (AvgIpc) is 2.54. The van der Waals surface area contributed by atoms with Crippen molar-refractivity contribution in [3.8, 4) is 22.6 Å². The molecular formula is C20H16O6. The van der Waals surface area contributed by atoms with E-state index in [1.807, 2.05) is 18.2 Å². The van der Waals surface area contributed by atoms with Gasteiger partial charge in [-0.05, 0) is 12.5 Å². The third kappa shape index (κ3) is 3.35. The van der Waals surface area contributed by atoms with Crippen LogP contribution in [0.2, 0.25) is 0 Å². The summed E-state index contributed by atoms with van der Waals surface area (Å²) in [4.78, 5) is 35.8. The van der Waals surface area contributed by atoms with Gasteiger partial charge in [0, 0.05) is 26.0 Å². The second-order valence-electron chi connectivity index (χ2n) is 5.71. The van der Waals surface area contributed by atoms with Gasteiger partial charge in [0.05, 0.1) is 5.56 Å². The van der Waals surface area contributed by atoms with Crippen molar-refractivity contribution >= 4 is 22.9 Å². The minimum atomic E-state index is -0.604. The molecule has 6 heteroatoms. The van der Waals surface area contributed by atoms with Gasteiger partial charge in [0.15, 0.2) is 0 Å². The van der Waals surface area contributed by atoms with Gasteiger partial charge in [-0.1, -0.05) is 30.3 Å². The van der Waals surface area contributed by atoms with Crippen molar-refractivity contribution in [2.24, 2.45) is 0 Å². The van der Waals surface area contributed by atoms with E-state index in [-0.39, 0.29) is 27.9 Å². The highest BCUT2D eigenvalue weighted by molar-refractivity contribution is 5.91. The number of benzene rings is 2. The molecule has 2 aromatic carbocycles. The number of fused-ring (bicyclic) bond motifs is 1. The standard InChI is InChI=1S/C20H16O6/c1-11-18(14-7-5-4-6-8-14)20(23)19-16(24-11)9-15(25-12(2)21)10-17(19)26-13(3)22/h4-10H,1-3H3. The lowest BCUT2D eigenvalue weighted by atomic mass is 10.0. The highest BCUT2D eigenvalue weighted by atomic mass is 16.5. The second kappa shape index (κ2) is 6.84. The van der Waals surface area contributed by atoms with Crippen LogP contribution in [-0.4, -0.2) is 11.9 Å². The van der Waals surface area contributed by atoms with Crippen LogP contribution in [0.3, 0.4) is 0 Å². The summed E-state index contributed by atoms with van der Waals surface area (Å²) in [7, 11) is 0. The van der Waals surface area contributed by atoms with E-state index in [0.29, 0.717) is 16.9 Å². The Morgan fingerprint density at radius 2 is 1.62 bits per heavy atom. The molecule has 3 rings (SSSR count). The van der Waals surface area contributed by atoms with Gasteiger partial charge in [-0.3, -0.25) is 14.4 Å². The molecule has 0 aliphatic rings. The summed E-state index contributed by atoms with van der Waals surface area (Å²) in [5.41, 5.74) is 0.910. The Bertz CT molecular complexity index is 1060. The predicted octanol–water partition coefficient (Wildman–Crippen LogP) is 3.62. The largest absolute Gasteiger partial charge is 0.460 e. The maximum absolute atomic E-state index is 13.1. The number of rotatable bonds is 3. The Hall–Kier alpha value is -3.41. The Balaban J connectivity index is 2.34. The molecule has 0 amide bonds. The minimum Gasteiger partial charge on any atom is -0.460 e. The molecule has 0 N–H and O–H groups in total. The van der Waals surface area contributed by atoms with Crippen molar-refractivity contribution in [2.75, 3.05) is 0 Å². The molecule has 0 unspecified atom stereocenters. The Kier molecular flexibility index (Phi) is 4.58. The van der Waals surface area contributed by atoms with E-state index in [9.17, 15) is 14.4 Å². The van der Waals surface area contributed by atoms with E-state index < -0.39 is 11.9 Å². The molecule has 0 spiro atoms. The summed E-state index contributed by atoms with van der Waals surface area (Å²) in [5.74, 6) is -0.637. The molecule has 26 heavy (non-hydrogen) atoms. The highest BCUT2D eigenvalue weighted by Gasteiger charge is 2.19. The quantitative estimate of drug-likeness (QED) is 0.529. The molecule has 0 atom stereocenters. The van der Waals surface area contributed by atoms with Gasteiger partial charge >= 0.3 is 11.9 Å². The Labute approximate surface area is 149 Å². The molecule has 1 aromatic heterocycles. The van der Waals surface area contributed by atoms with Crippen molar-refractivity contribution in [1.82, 2.24) is 0 Å². The van der Waals surface area contributed by atoms with Crippen molar-refractivity contribution in [1.29, 1.82) is 0 Å². The predicted molar refractivity (Wildman–Crippen MR) is 95.3 cm³/mol. The second-order valence-corrected chi connectivity index (χ2v) is 5.71. The summed E-state index contributed by atoms with van der Waals surface area (Å²) >= 11 is 0. The van der Waals surface area contributed by atoms with Crippen LogP contribution in [0.5, 0.6) is 11.5 Å². The van der Waals surface area contributed by atoms with E-state index in [4.69, 9.17) is 13.9 Å². The summed E-state index contributed by atoms with van der Waals surface area (Å²) < 4.78 is 16.0. The molecular weight excluding hydrogens is 336 g/mol. The number of aryl methyl sites for hydroxylation is 1. The van der Waals surface area contributed by atoms with Crippen molar-refractivity contribution in [3.05, 3.63) is 58.4 Å². The summed E-state index contributed by atoms with van der Waals surface area (Å²) in [6.07, 6.45) is 0. The van der Waals surface area contributed by atoms with E-state index in [1.165, 1.54) is 26.0 Å². The summed E-state index contributed by atoms with van der Waals surface area (Å²) in [6, 6.07) is 11.8. The fraction of sp³-hybridized carbons (Fsp3) is 0.150. The molecule has 132 valence electrons. The van der Waals surface area contributed by atoms with Crippen LogP contribution < -0.4 is 14.9 Å². The first kappa shape index (κ1) is 17.4. The maximum Gasteiger partial charge on any atom is 0.308 e. The van der Waals surface area contributed by atoms with E-state index >= 15 is 0 Å². The number of carbonyl (C=O) groups excluding carboxylic acids is 2.